The standard InChI is InChI=1S/C23H30N2O3/c1-5-17-6-10-19(11-7-17)22(16(2)3)25-15-21(26)24-14-18-8-12-20(13-9-18)23(27)28-4/h6-13,16,22,25H,5,14-15H2,1-4H3,(H,24,26)/t22-/m0/s1. The maximum absolute atomic E-state index is 12.2. The molecule has 28 heavy (non-hydrogen) atoms. The van der Waals surface area contributed by atoms with Gasteiger partial charge in [-0.05, 0) is 41.2 Å². The Hall–Kier alpha value is -2.66. The largest absolute Gasteiger partial charge is 0.465 e. The van der Waals surface area contributed by atoms with E-state index in [0.717, 1.165) is 12.0 Å². The third kappa shape index (κ3) is 6.20. The van der Waals surface area contributed by atoms with Crippen LogP contribution < -0.4 is 10.6 Å². The number of hydrogen-bond acceptors (Lipinski definition) is 4. The predicted octanol–water partition coefficient (Wildman–Crippen LogP) is 3.64. The molecule has 0 fully saturated rings. The zero-order valence-corrected chi connectivity index (χ0v) is 17.1. The molecule has 5 heteroatoms. The molecule has 1 amide bonds. The lowest BCUT2D eigenvalue weighted by atomic mass is 9.95. The highest BCUT2D eigenvalue weighted by Crippen LogP contribution is 2.22. The SMILES string of the molecule is CCc1ccc([C@@H](NCC(=O)NCc2ccc(C(=O)OC)cc2)C(C)C)cc1. The number of rotatable bonds is 9. The van der Waals surface area contributed by atoms with E-state index in [1.807, 2.05) is 12.1 Å². The van der Waals surface area contributed by atoms with Gasteiger partial charge in [-0.2, -0.15) is 0 Å². The fraction of sp³-hybridized carbons (Fsp3) is 0.391. The highest BCUT2D eigenvalue weighted by Gasteiger charge is 2.16. The number of carbonyl (C=O) groups is 2. The molecule has 0 aliphatic carbocycles. The van der Waals surface area contributed by atoms with Gasteiger partial charge in [-0.1, -0.05) is 57.2 Å². The molecule has 2 aromatic rings. The van der Waals surface area contributed by atoms with E-state index in [9.17, 15) is 9.59 Å². The van der Waals surface area contributed by atoms with Crippen LogP contribution in [-0.2, 0) is 22.5 Å². The monoisotopic (exact) mass is 382 g/mol. The molecular formula is C23H30N2O3. The topological polar surface area (TPSA) is 67.4 Å². The summed E-state index contributed by atoms with van der Waals surface area (Å²) in [6.45, 7) is 7.09. The van der Waals surface area contributed by atoms with Crippen LogP contribution in [0.1, 0.15) is 53.9 Å². The van der Waals surface area contributed by atoms with Crippen molar-refractivity contribution in [2.75, 3.05) is 13.7 Å². The summed E-state index contributed by atoms with van der Waals surface area (Å²) in [6.07, 6.45) is 1.02. The molecule has 0 spiro atoms. The van der Waals surface area contributed by atoms with Gasteiger partial charge in [0.2, 0.25) is 5.91 Å². The number of aryl methyl sites for hydroxylation is 1. The molecule has 5 nitrogen and oxygen atoms in total. The molecule has 150 valence electrons. The van der Waals surface area contributed by atoms with E-state index in [0.29, 0.717) is 18.0 Å². The van der Waals surface area contributed by atoms with Gasteiger partial charge in [0.25, 0.3) is 0 Å². The lowest BCUT2D eigenvalue weighted by molar-refractivity contribution is -0.120. The number of carbonyl (C=O) groups excluding carboxylic acids is 2. The zero-order valence-electron chi connectivity index (χ0n) is 17.1. The van der Waals surface area contributed by atoms with Crippen LogP contribution in [0.4, 0.5) is 0 Å². The number of hydrogen-bond donors (Lipinski definition) is 2. The smallest absolute Gasteiger partial charge is 0.337 e. The minimum Gasteiger partial charge on any atom is -0.465 e. The van der Waals surface area contributed by atoms with E-state index in [4.69, 9.17) is 0 Å². The lowest BCUT2D eigenvalue weighted by Crippen LogP contribution is -2.37. The van der Waals surface area contributed by atoms with Crippen molar-refractivity contribution in [3.63, 3.8) is 0 Å². The van der Waals surface area contributed by atoms with Crippen molar-refractivity contribution in [1.82, 2.24) is 10.6 Å². The molecule has 0 radical (unpaired) electrons. The normalized spacial score (nSPS) is 11.9. The third-order valence-corrected chi connectivity index (χ3v) is 4.76. The predicted molar refractivity (Wildman–Crippen MR) is 111 cm³/mol. The van der Waals surface area contributed by atoms with E-state index in [1.54, 1.807) is 12.1 Å². The Morgan fingerprint density at radius 1 is 0.964 bits per heavy atom. The second-order valence-corrected chi connectivity index (χ2v) is 7.16. The lowest BCUT2D eigenvalue weighted by Gasteiger charge is -2.23. The summed E-state index contributed by atoms with van der Waals surface area (Å²) >= 11 is 0. The van der Waals surface area contributed by atoms with Crippen LogP contribution in [0.2, 0.25) is 0 Å². The number of ether oxygens (including phenoxy) is 1. The van der Waals surface area contributed by atoms with E-state index in [-0.39, 0.29) is 24.5 Å². The Kier molecular flexibility index (Phi) is 8.20. The first kappa shape index (κ1) is 21.6. The molecule has 0 aliphatic rings. The summed E-state index contributed by atoms with van der Waals surface area (Å²) in [6, 6.07) is 15.7. The first-order valence-corrected chi connectivity index (χ1v) is 9.70. The van der Waals surface area contributed by atoms with Crippen LogP contribution >= 0.6 is 0 Å². The van der Waals surface area contributed by atoms with Crippen LogP contribution in [-0.4, -0.2) is 25.5 Å². The summed E-state index contributed by atoms with van der Waals surface area (Å²) in [5, 5.41) is 6.28. The van der Waals surface area contributed by atoms with Gasteiger partial charge in [-0.15, -0.1) is 0 Å². The fourth-order valence-electron chi connectivity index (χ4n) is 3.04. The zero-order chi connectivity index (χ0) is 20.5. The number of benzene rings is 2. The summed E-state index contributed by atoms with van der Waals surface area (Å²) in [7, 11) is 1.35. The van der Waals surface area contributed by atoms with Crippen LogP contribution in [0.15, 0.2) is 48.5 Å². The first-order chi connectivity index (χ1) is 13.4. The van der Waals surface area contributed by atoms with Crippen LogP contribution in [0.3, 0.4) is 0 Å². The molecule has 2 rings (SSSR count). The van der Waals surface area contributed by atoms with Gasteiger partial charge in [0.15, 0.2) is 0 Å². The summed E-state index contributed by atoms with van der Waals surface area (Å²) < 4.78 is 4.68. The molecule has 2 N–H and O–H groups in total. The van der Waals surface area contributed by atoms with E-state index in [2.05, 4.69) is 60.4 Å². The molecule has 0 unspecified atom stereocenters. The van der Waals surface area contributed by atoms with E-state index < -0.39 is 0 Å². The second-order valence-electron chi connectivity index (χ2n) is 7.16. The fourth-order valence-corrected chi connectivity index (χ4v) is 3.04. The minimum atomic E-state index is -0.369. The molecule has 2 aromatic carbocycles. The quantitative estimate of drug-likeness (QED) is 0.650. The number of methoxy groups -OCH3 is 1. The minimum absolute atomic E-state index is 0.0622. The molecule has 0 saturated heterocycles. The Morgan fingerprint density at radius 3 is 2.11 bits per heavy atom. The third-order valence-electron chi connectivity index (χ3n) is 4.76. The van der Waals surface area contributed by atoms with Crippen LogP contribution in [0.25, 0.3) is 0 Å². The van der Waals surface area contributed by atoms with E-state index >= 15 is 0 Å². The Balaban J connectivity index is 1.86. The summed E-state index contributed by atoms with van der Waals surface area (Å²) in [5.74, 6) is -0.0644. The molecular weight excluding hydrogens is 352 g/mol. The first-order valence-electron chi connectivity index (χ1n) is 9.70. The van der Waals surface area contributed by atoms with Crippen molar-refractivity contribution in [1.29, 1.82) is 0 Å². The average molecular weight is 383 g/mol. The second kappa shape index (κ2) is 10.6. The Bertz CT molecular complexity index is 767. The van der Waals surface area contributed by atoms with Crippen molar-refractivity contribution in [2.24, 2.45) is 5.92 Å². The number of esters is 1. The van der Waals surface area contributed by atoms with Crippen LogP contribution in [0, 0.1) is 5.92 Å². The molecule has 0 saturated carbocycles. The molecule has 0 heterocycles. The van der Waals surface area contributed by atoms with Crippen molar-refractivity contribution in [3.05, 3.63) is 70.8 Å². The van der Waals surface area contributed by atoms with Crippen molar-refractivity contribution in [3.8, 4) is 0 Å². The Morgan fingerprint density at radius 2 is 1.57 bits per heavy atom. The summed E-state index contributed by atoms with van der Waals surface area (Å²) in [4.78, 5) is 23.7. The van der Waals surface area contributed by atoms with Gasteiger partial charge in [-0.25, -0.2) is 4.79 Å². The van der Waals surface area contributed by atoms with Gasteiger partial charge in [-0.3, -0.25) is 4.79 Å². The highest BCUT2D eigenvalue weighted by atomic mass is 16.5. The number of amides is 1. The van der Waals surface area contributed by atoms with Crippen LogP contribution in [0.5, 0.6) is 0 Å². The molecule has 1 atom stereocenters. The average Bonchev–Trinajstić information content (AvgIpc) is 2.72. The van der Waals surface area contributed by atoms with Gasteiger partial charge in [0.05, 0.1) is 19.2 Å². The summed E-state index contributed by atoms with van der Waals surface area (Å²) in [5.41, 5.74) is 3.92. The van der Waals surface area contributed by atoms with Gasteiger partial charge < -0.3 is 15.4 Å². The van der Waals surface area contributed by atoms with E-state index in [1.165, 1.54) is 18.2 Å². The maximum Gasteiger partial charge on any atom is 0.337 e. The molecule has 0 aliphatic heterocycles. The van der Waals surface area contributed by atoms with Crippen molar-refractivity contribution >= 4 is 11.9 Å². The maximum atomic E-state index is 12.2. The molecule has 0 bridgehead atoms. The van der Waals surface area contributed by atoms with Crippen molar-refractivity contribution in [2.45, 2.75) is 39.8 Å². The van der Waals surface area contributed by atoms with Gasteiger partial charge in [0, 0.05) is 12.6 Å². The molecule has 0 aromatic heterocycles. The van der Waals surface area contributed by atoms with Gasteiger partial charge >= 0.3 is 5.97 Å². The highest BCUT2D eigenvalue weighted by molar-refractivity contribution is 5.89. The van der Waals surface area contributed by atoms with Gasteiger partial charge in [0.1, 0.15) is 0 Å². The number of nitrogens with one attached hydrogen (secondary N) is 2. The Labute approximate surface area is 167 Å². The van der Waals surface area contributed by atoms with Crippen molar-refractivity contribution < 1.29 is 14.3 Å².